The zero-order valence-corrected chi connectivity index (χ0v) is 14.7. The molecule has 140 valence electrons. The van der Waals surface area contributed by atoms with E-state index in [1.807, 2.05) is 25.3 Å². The SMILES string of the molecule is CCNc1cc(-c2c[nH]c3nc(NC4CC(F)(F)C4)ncc23)ccc1N=N. The van der Waals surface area contributed by atoms with E-state index >= 15 is 0 Å². The molecule has 3 aromatic rings. The lowest BCUT2D eigenvalue weighted by molar-refractivity contribution is -0.0794. The molecule has 0 saturated heterocycles. The molecule has 0 unspecified atom stereocenters. The first-order valence-electron chi connectivity index (χ1n) is 8.73. The number of nitrogens with one attached hydrogen (secondary N) is 4. The first kappa shape index (κ1) is 17.3. The Morgan fingerprint density at radius 2 is 2.19 bits per heavy atom. The number of hydrogen-bond donors (Lipinski definition) is 4. The molecular formula is C18H19F2N7. The van der Waals surface area contributed by atoms with Crippen LogP contribution in [-0.2, 0) is 0 Å². The lowest BCUT2D eigenvalue weighted by Gasteiger charge is -2.35. The molecule has 1 aliphatic rings. The van der Waals surface area contributed by atoms with Gasteiger partial charge in [-0.05, 0) is 24.6 Å². The summed E-state index contributed by atoms with van der Waals surface area (Å²) in [4.78, 5) is 11.8. The van der Waals surface area contributed by atoms with Gasteiger partial charge in [0.25, 0.3) is 5.92 Å². The van der Waals surface area contributed by atoms with Gasteiger partial charge in [0.15, 0.2) is 0 Å². The van der Waals surface area contributed by atoms with E-state index in [9.17, 15) is 8.78 Å². The quantitative estimate of drug-likeness (QED) is 0.461. The van der Waals surface area contributed by atoms with Crippen LogP contribution in [0.5, 0.6) is 0 Å². The van der Waals surface area contributed by atoms with Crippen molar-refractivity contribution in [3.8, 4) is 11.1 Å². The van der Waals surface area contributed by atoms with E-state index in [-0.39, 0.29) is 18.9 Å². The number of aromatic amines is 1. The molecular weight excluding hydrogens is 352 g/mol. The first-order chi connectivity index (χ1) is 13.0. The fourth-order valence-electron chi connectivity index (χ4n) is 3.29. The largest absolute Gasteiger partial charge is 0.384 e. The second kappa shape index (κ2) is 6.57. The van der Waals surface area contributed by atoms with E-state index in [2.05, 4.69) is 30.7 Å². The molecule has 4 N–H and O–H groups in total. The minimum atomic E-state index is -2.58. The lowest BCUT2D eigenvalue weighted by atomic mass is 9.88. The summed E-state index contributed by atoms with van der Waals surface area (Å²) in [5.74, 6) is -2.24. The Kier molecular flexibility index (Phi) is 4.21. The van der Waals surface area contributed by atoms with Gasteiger partial charge in [-0.15, -0.1) is 0 Å². The van der Waals surface area contributed by atoms with Gasteiger partial charge in [-0.25, -0.2) is 19.3 Å². The van der Waals surface area contributed by atoms with Crippen LogP contribution >= 0.6 is 0 Å². The van der Waals surface area contributed by atoms with Gasteiger partial charge in [-0.2, -0.15) is 10.1 Å². The van der Waals surface area contributed by atoms with E-state index < -0.39 is 5.92 Å². The van der Waals surface area contributed by atoms with E-state index in [1.54, 1.807) is 12.3 Å². The molecule has 1 fully saturated rings. The Bertz CT molecular complexity index is 991. The number of nitrogens with zero attached hydrogens (tertiary/aromatic N) is 3. The predicted octanol–water partition coefficient (Wildman–Crippen LogP) is 4.93. The summed E-state index contributed by atoms with van der Waals surface area (Å²) >= 11 is 0. The van der Waals surface area contributed by atoms with Crippen molar-refractivity contribution >= 4 is 28.4 Å². The van der Waals surface area contributed by atoms with Gasteiger partial charge in [0, 0.05) is 48.8 Å². The number of anilines is 2. The molecule has 1 aliphatic carbocycles. The number of fused-ring (bicyclic) bond motifs is 1. The third kappa shape index (κ3) is 3.32. The zero-order valence-electron chi connectivity index (χ0n) is 14.7. The van der Waals surface area contributed by atoms with Crippen LogP contribution in [0.2, 0.25) is 0 Å². The van der Waals surface area contributed by atoms with Crippen LogP contribution < -0.4 is 10.6 Å². The van der Waals surface area contributed by atoms with Crippen LogP contribution in [0.25, 0.3) is 22.2 Å². The Hall–Kier alpha value is -3.10. The van der Waals surface area contributed by atoms with Gasteiger partial charge in [0.05, 0.1) is 5.69 Å². The van der Waals surface area contributed by atoms with Gasteiger partial charge >= 0.3 is 0 Å². The smallest absolute Gasteiger partial charge is 0.252 e. The Labute approximate surface area is 154 Å². The topological polar surface area (TPSA) is 102 Å². The second-order valence-corrected chi connectivity index (χ2v) is 6.64. The number of H-pyrrole nitrogens is 1. The average molecular weight is 371 g/mol. The van der Waals surface area contributed by atoms with E-state index in [4.69, 9.17) is 5.53 Å². The minimum absolute atomic E-state index is 0.190. The van der Waals surface area contributed by atoms with Crippen molar-refractivity contribution in [1.29, 1.82) is 5.53 Å². The molecule has 0 aliphatic heterocycles. The number of aromatic nitrogens is 3. The monoisotopic (exact) mass is 371 g/mol. The molecule has 4 rings (SSSR count). The molecule has 1 saturated carbocycles. The van der Waals surface area contributed by atoms with Gasteiger partial charge in [0.2, 0.25) is 5.95 Å². The van der Waals surface area contributed by atoms with Gasteiger partial charge in [-0.3, -0.25) is 0 Å². The number of benzene rings is 1. The average Bonchev–Trinajstić information content (AvgIpc) is 3.03. The van der Waals surface area contributed by atoms with Crippen molar-refractivity contribution in [2.45, 2.75) is 31.7 Å². The van der Waals surface area contributed by atoms with Gasteiger partial charge in [0.1, 0.15) is 11.3 Å². The van der Waals surface area contributed by atoms with Crippen LogP contribution in [-0.4, -0.2) is 33.5 Å². The number of hydrogen-bond acceptors (Lipinski definition) is 6. The molecule has 7 nitrogen and oxygen atoms in total. The molecule has 9 heteroatoms. The van der Waals surface area contributed by atoms with Crippen molar-refractivity contribution < 1.29 is 8.78 Å². The van der Waals surface area contributed by atoms with Crippen molar-refractivity contribution in [1.82, 2.24) is 15.0 Å². The molecule has 2 aromatic heterocycles. The molecule has 2 heterocycles. The van der Waals surface area contributed by atoms with E-state index in [0.717, 1.165) is 28.7 Å². The fraction of sp³-hybridized carbons (Fsp3) is 0.333. The molecule has 0 spiro atoms. The Balaban J connectivity index is 1.62. The third-order valence-electron chi connectivity index (χ3n) is 4.65. The van der Waals surface area contributed by atoms with Crippen LogP contribution in [0, 0.1) is 5.53 Å². The van der Waals surface area contributed by atoms with E-state index in [0.29, 0.717) is 17.3 Å². The number of alkyl halides is 2. The van der Waals surface area contributed by atoms with Crippen molar-refractivity contribution in [2.75, 3.05) is 17.2 Å². The summed E-state index contributed by atoms with van der Waals surface area (Å²) in [7, 11) is 0. The normalized spacial score (nSPS) is 16.1. The van der Waals surface area contributed by atoms with Crippen LogP contribution in [0.4, 0.5) is 26.1 Å². The zero-order chi connectivity index (χ0) is 19.0. The van der Waals surface area contributed by atoms with Crippen LogP contribution in [0.1, 0.15) is 19.8 Å². The summed E-state index contributed by atoms with van der Waals surface area (Å²) in [6, 6.07) is 5.31. The summed E-state index contributed by atoms with van der Waals surface area (Å²) in [5, 5.41) is 10.5. The first-order valence-corrected chi connectivity index (χ1v) is 8.73. The summed E-state index contributed by atoms with van der Waals surface area (Å²) in [6.07, 6.45) is 3.14. The molecule has 1 aromatic carbocycles. The number of rotatable bonds is 6. The highest BCUT2D eigenvalue weighted by Gasteiger charge is 2.45. The highest BCUT2D eigenvalue weighted by Crippen LogP contribution is 2.39. The Morgan fingerprint density at radius 1 is 1.37 bits per heavy atom. The van der Waals surface area contributed by atoms with Crippen molar-refractivity contribution in [2.24, 2.45) is 5.11 Å². The fourth-order valence-corrected chi connectivity index (χ4v) is 3.29. The molecule has 0 radical (unpaired) electrons. The maximum Gasteiger partial charge on any atom is 0.252 e. The van der Waals surface area contributed by atoms with Gasteiger partial charge in [-0.1, -0.05) is 6.07 Å². The third-order valence-corrected chi connectivity index (χ3v) is 4.65. The van der Waals surface area contributed by atoms with Crippen LogP contribution in [0.3, 0.4) is 0 Å². The van der Waals surface area contributed by atoms with Crippen LogP contribution in [0.15, 0.2) is 35.7 Å². The highest BCUT2D eigenvalue weighted by molar-refractivity contribution is 5.94. The van der Waals surface area contributed by atoms with Crippen molar-refractivity contribution in [3.05, 3.63) is 30.6 Å². The van der Waals surface area contributed by atoms with Gasteiger partial charge < -0.3 is 15.6 Å². The maximum absolute atomic E-state index is 13.0. The van der Waals surface area contributed by atoms with Crippen molar-refractivity contribution in [3.63, 3.8) is 0 Å². The lowest BCUT2D eigenvalue weighted by Crippen LogP contribution is -2.44. The van der Waals surface area contributed by atoms with E-state index in [1.165, 1.54) is 0 Å². The Morgan fingerprint density at radius 3 is 2.89 bits per heavy atom. The number of halogens is 2. The maximum atomic E-state index is 13.0. The highest BCUT2D eigenvalue weighted by atomic mass is 19.3. The summed E-state index contributed by atoms with van der Waals surface area (Å²) in [6.45, 7) is 2.70. The predicted molar refractivity (Wildman–Crippen MR) is 99.9 cm³/mol. The second-order valence-electron chi connectivity index (χ2n) is 6.64. The molecule has 0 amide bonds. The molecule has 0 bridgehead atoms. The standard InChI is InChI=1S/C18H19F2N7/c1-2-22-15-5-10(3-4-14(15)27-21)12-8-23-16-13(12)9-24-17(26-16)25-11-6-18(19,20)7-11/h3-5,8-9,11,21-22H,2,6-7H2,1H3,(H2,23,24,25,26). The summed E-state index contributed by atoms with van der Waals surface area (Å²) in [5.41, 5.74) is 11.1. The minimum Gasteiger partial charge on any atom is -0.384 e. The molecule has 27 heavy (non-hydrogen) atoms. The summed E-state index contributed by atoms with van der Waals surface area (Å²) < 4.78 is 25.9. The molecule has 0 atom stereocenters.